The van der Waals surface area contributed by atoms with Crippen LogP contribution in [0.5, 0.6) is 0 Å². The molecule has 1 aromatic heterocycles. The van der Waals surface area contributed by atoms with Gasteiger partial charge in [0, 0.05) is 18.5 Å². The number of hydrogen-bond donors (Lipinski definition) is 3. The van der Waals surface area contributed by atoms with Gasteiger partial charge >= 0.3 is 0 Å². The summed E-state index contributed by atoms with van der Waals surface area (Å²) in [6, 6.07) is 1.77. The molecule has 0 atom stereocenters. The van der Waals surface area contributed by atoms with Crippen LogP contribution in [0.4, 0.5) is 11.5 Å². The van der Waals surface area contributed by atoms with Gasteiger partial charge in [-0.05, 0) is 20.0 Å². The monoisotopic (exact) mass is 204 g/mol. The smallest absolute Gasteiger partial charge is 0.146 e. The number of aromatic nitrogens is 1. The summed E-state index contributed by atoms with van der Waals surface area (Å²) in [5, 5.41) is 3.03. The lowest BCUT2D eigenvalue weighted by Gasteiger charge is -2.02. The molecule has 4 heteroatoms. The first-order valence-electron chi connectivity index (χ1n) is 4.81. The van der Waals surface area contributed by atoms with Crippen molar-refractivity contribution < 1.29 is 0 Å². The van der Waals surface area contributed by atoms with Crippen LogP contribution in [0.1, 0.15) is 17.7 Å². The normalized spacial score (nSPS) is 9.47. The van der Waals surface area contributed by atoms with Gasteiger partial charge in [0.25, 0.3) is 0 Å². The molecule has 1 rings (SSSR count). The molecule has 0 saturated carbocycles. The van der Waals surface area contributed by atoms with Gasteiger partial charge in [-0.3, -0.25) is 0 Å². The van der Waals surface area contributed by atoms with Crippen LogP contribution in [-0.4, -0.2) is 18.6 Å². The van der Waals surface area contributed by atoms with Gasteiger partial charge in [-0.2, -0.15) is 0 Å². The Morgan fingerprint density at radius 1 is 1.47 bits per heavy atom. The minimum Gasteiger partial charge on any atom is -0.396 e. The van der Waals surface area contributed by atoms with Crippen molar-refractivity contribution in [3.63, 3.8) is 0 Å². The Morgan fingerprint density at radius 3 is 2.87 bits per heavy atom. The second kappa shape index (κ2) is 5.23. The van der Waals surface area contributed by atoms with E-state index in [2.05, 4.69) is 22.1 Å². The SMILES string of the molecule is CNCCC#Cc1cc(N)c(N)nc1C. The van der Waals surface area contributed by atoms with Crippen molar-refractivity contribution in [2.24, 2.45) is 0 Å². The third kappa shape index (κ3) is 3.15. The van der Waals surface area contributed by atoms with E-state index < -0.39 is 0 Å². The topological polar surface area (TPSA) is 77.0 Å². The van der Waals surface area contributed by atoms with Crippen LogP contribution in [0, 0.1) is 18.8 Å². The third-order valence-corrected chi connectivity index (χ3v) is 2.00. The first-order valence-corrected chi connectivity index (χ1v) is 4.81. The number of nitrogens with one attached hydrogen (secondary N) is 1. The summed E-state index contributed by atoms with van der Waals surface area (Å²) in [4.78, 5) is 4.11. The molecule has 5 N–H and O–H groups in total. The molecule has 0 unspecified atom stereocenters. The molecule has 4 nitrogen and oxygen atoms in total. The van der Waals surface area contributed by atoms with E-state index in [1.807, 2.05) is 14.0 Å². The highest BCUT2D eigenvalue weighted by molar-refractivity contribution is 5.62. The fraction of sp³-hybridized carbons (Fsp3) is 0.364. The number of nitrogens with zero attached hydrogens (tertiary/aromatic N) is 1. The second-order valence-corrected chi connectivity index (χ2v) is 3.25. The summed E-state index contributed by atoms with van der Waals surface area (Å²) in [5.41, 5.74) is 13.4. The summed E-state index contributed by atoms with van der Waals surface area (Å²) >= 11 is 0. The van der Waals surface area contributed by atoms with Crippen LogP contribution in [0.15, 0.2) is 6.07 Å². The predicted octanol–water partition coefficient (Wildman–Crippen LogP) is 0.515. The van der Waals surface area contributed by atoms with Crippen molar-refractivity contribution in [3.8, 4) is 11.8 Å². The van der Waals surface area contributed by atoms with Crippen molar-refractivity contribution >= 4 is 11.5 Å². The molecule has 0 bridgehead atoms. The second-order valence-electron chi connectivity index (χ2n) is 3.25. The molecule has 0 saturated heterocycles. The molecule has 0 spiro atoms. The average molecular weight is 204 g/mol. The number of pyridine rings is 1. The predicted molar refractivity (Wildman–Crippen MR) is 63.2 cm³/mol. The molecule has 15 heavy (non-hydrogen) atoms. The zero-order chi connectivity index (χ0) is 11.3. The highest BCUT2D eigenvalue weighted by Crippen LogP contribution is 2.15. The third-order valence-electron chi connectivity index (χ3n) is 2.00. The van der Waals surface area contributed by atoms with Crippen molar-refractivity contribution in [1.29, 1.82) is 0 Å². The molecule has 0 radical (unpaired) electrons. The van der Waals surface area contributed by atoms with Crippen molar-refractivity contribution in [2.75, 3.05) is 25.1 Å². The average Bonchev–Trinajstić information content (AvgIpc) is 2.20. The Bertz CT molecular complexity index is 401. The zero-order valence-electron chi connectivity index (χ0n) is 9.09. The largest absolute Gasteiger partial charge is 0.396 e. The molecule has 80 valence electrons. The minimum absolute atomic E-state index is 0.369. The van der Waals surface area contributed by atoms with Gasteiger partial charge in [-0.15, -0.1) is 0 Å². The zero-order valence-corrected chi connectivity index (χ0v) is 9.09. The highest BCUT2D eigenvalue weighted by Gasteiger charge is 2.01. The fourth-order valence-corrected chi connectivity index (χ4v) is 1.11. The Hall–Kier alpha value is -1.73. The van der Waals surface area contributed by atoms with Crippen LogP contribution >= 0.6 is 0 Å². The van der Waals surface area contributed by atoms with Crippen molar-refractivity contribution in [1.82, 2.24) is 10.3 Å². The Morgan fingerprint density at radius 2 is 2.20 bits per heavy atom. The van der Waals surface area contributed by atoms with Gasteiger partial charge in [0.15, 0.2) is 0 Å². The standard InChI is InChI=1S/C11H16N4/c1-8-9(5-3-4-6-14-2)7-10(12)11(13)15-8/h7,14H,4,6,12H2,1-2H3,(H2,13,15). The lowest BCUT2D eigenvalue weighted by atomic mass is 10.2. The van der Waals surface area contributed by atoms with Crippen LogP contribution in [0.3, 0.4) is 0 Å². The number of nitrogens with two attached hydrogens (primary N) is 2. The first kappa shape index (κ1) is 11.3. The molecule has 0 aliphatic rings. The van der Waals surface area contributed by atoms with E-state index in [0.717, 1.165) is 24.2 Å². The van der Waals surface area contributed by atoms with Gasteiger partial charge in [0.05, 0.1) is 11.4 Å². The number of hydrogen-bond acceptors (Lipinski definition) is 4. The van der Waals surface area contributed by atoms with E-state index in [1.54, 1.807) is 6.07 Å². The van der Waals surface area contributed by atoms with Gasteiger partial charge in [0.1, 0.15) is 5.82 Å². The Labute approximate surface area is 90.1 Å². The molecule has 1 heterocycles. The summed E-state index contributed by atoms with van der Waals surface area (Å²) in [7, 11) is 1.90. The molecular formula is C11H16N4. The summed E-state index contributed by atoms with van der Waals surface area (Å²) in [6.07, 6.45) is 0.806. The van der Waals surface area contributed by atoms with Gasteiger partial charge in [-0.25, -0.2) is 4.98 Å². The quantitative estimate of drug-likeness (QED) is 0.485. The van der Waals surface area contributed by atoms with E-state index in [-0.39, 0.29) is 0 Å². The van der Waals surface area contributed by atoms with E-state index >= 15 is 0 Å². The van der Waals surface area contributed by atoms with E-state index in [0.29, 0.717) is 11.5 Å². The van der Waals surface area contributed by atoms with E-state index in [9.17, 15) is 0 Å². The number of rotatable bonds is 2. The molecule has 0 fully saturated rings. The summed E-state index contributed by atoms with van der Waals surface area (Å²) in [5.74, 6) is 6.44. The van der Waals surface area contributed by atoms with Crippen molar-refractivity contribution in [3.05, 3.63) is 17.3 Å². The molecule has 0 aliphatic carbocycles. The van der Waals surface area contributed by atoms with Gasteiger partial charge < -0.3 is 16.8 Å². The van der Waals surface area contributed by atoms with E-state index in [1.165, 1.54) is 0 Å². The minimum atomic E-state index is 0.369. The van der Waals surface area contributed by atoms with Gasteiger partial charge in [-0.1, -0.05) is 11.8 Å². The van der Waals surface area contributed by atoms with E-state index in [4.69, 9.17) is 11.5 Å². The van der Waals surface area contributed by atoms with Gasteiger partial charge in [0.2, 0.25) is 0 Å². The lowest BCUT2D eigenvalue weighted by molar-refractivity contribution is 0.818. The Kier molecular flexibility index (Phi) is 3.95. The molecule has 1 aromatic rings. The highest BCUT2D eigenvalue weighted by atomic mass is 14.9. The maximum atomic E-state index is 5.65. The number of aryl methyl sites for hydroxylation is 1. The summed E-state index contributed by atoms with van der Waals surface area (Å²) in [6.45, 7) is 2.75. The first-order chi connectivity index (χ1) is 7.15. The van der Waals surface area contributed by atoms with Crippen LogP contribution in [-0.2, 0) is 0 Å². The van der Waals surface area contributed by atoms with Crippen molar-refractivity contribution in [2.45, 2.75) is 13.3 Å². The maximum absolute atomic E-state index is 5.65. The molecule has 0 amide bonds. The lowest BCUT2D eigenvalue weighted by Crippen LogP contribution is -2.06. The van der Waals surface area contributed by atoms with Crippen LogP contribution in [0.25, 0.3) is 0 Å². The van der Waals surface area contributed by atoms with Crippen LogP contribution < -0.4 is 16.8 Å². The molecule has 0 aromatic carbocycles. The fourth-order valence-electron chi connectivity index (χ4n) is 1.11. The Balaban J connectivity index is 2.84. The molecule has 0 aliphatic heterocycles. The summed E-state index contributed by atoms with van der Waals surface area (Å²) < 4.78 is 0. The molecular weight excluding hydrogens is 188 g/mol. The maximum Gasteiger partial charge on any atom is 0.146 e. The number of nitrogen functional groups attached to an aromatic ring is 2. The van der Waals surface area contributed by atoms with Crippen LogP contribution in [0.2, 0.25) is 0 Å². The number of anilines is 2.